The Balaban J connectivity index is 1.62. The number of fused-ring (bicyclic) bond motifs is 1. The first-order valence-electron chi connectivity index (χ1n) is 10.2. The summed E-state index contributed by atoms with van der Waals surface area (Å²) < 4.78 is 1.86. The third kappa shape index (κ3) is 4.18. The van der Waals surface area contributed by atoms with Crippen molar-refractivity contribution in [3.8, 4) is 0 Å². The van der Waals surface area contributed by atoms with E-state index in [9.17, 15) is 5.11 Å². The van der Waals surface area contributed by atoms with E-state index >= 15 is 0 Å². The van der Waals surface area contributed by atoms with E-state index in [1.807, 2.05) is 28.9 Å². The Morgan fingerprint density at radius 1 is 1.28 bits per heavy atom. The standard InChI is InChI=1S/C21H29N7O/c1-15(2)17-11-26-28-19(24-10-16-3-6-22-7-4-16)9-18(27-20(17)28)25-13-21(14-29)5-8-23-12-21/h3-4,6-7,9,11,15,23-24,29H,5,8,10,12-14H2,1-2H3,(H,25,27). The molecule has 8 nitrogen and oxygen atoms in total. The third-order valence-electron chi connectivity index (χ3n) is 5.66. The van der Waals surface area contributed by atoms with Crippen LogP contribution in [0.3, 0.4) is 0 Å². The van der Waals surface area contributed by atoms with Crippen molar-refractivity contribution in [2.45, 2.75) is 32.7 Å². The molecule has 1 saturated heterocycles. The number of anilines is 2. The van der Waals surface area contributed by atoms with Crippen LogP contribution in [0.2, 0.25) is 0 Å². The number of nitrogens with zero attached hydrogens (tertiary/aromatic N) is 4. The molecule has 0 spiro atoms. The molecule has 29 heavy (non-hydrogen) atoms. The van der Waals surface area contributed by atoms with Crippen LogP contribution in [0.15, 0.2) is 36.8 Å². The van der Waals surface area contributed by atoms with E-state index in [0.717, 1.165) is 47.9 Å². The zero-order chi connectivity index (χ0) is 20.3. The van der Waals surface area contributed by atoms with Gasteiger partial charge in [-0.05, 0) is 36.6 Å². The van der Waals surface area contributed by atoms with Crippen molar-refractivity contribution in [3.05, 3.63) is 47.9 Å². The Bertz CT molecular complexity index is 948. The summed E-state index contributed by atoms with van der Waals surface area (Å²) in [5.74, 6) is 1.99. The predicted octanol–water partition coefficient (Wildman–Crippen LogP) is 2.24. The van der Waals surface area contributed by atoms with Crippen molar-refractivity contribution >= 4 is 17.3 Å². The molecule has 0 bridgehead atoms. The SMILES string of the molecule is CC(C)c1cnn2c(NCc3ccncc3)cc(NCC3(CO)CCNC3)nc12. The zero-order valence-electron chi connectivity index (χ0n) is 17.0. The summed E-state index contributed by atoms with van der Waals surface area (Å²) in [6.45, 7) is 7.55. The van der Waals surface area contributed by atoms with Crippen LogP contribution in [-0.4, -0.2) is 50.9 Å². The molecule has 0 aromatic carbocycles. The second-order valence-electron chi connectivity index (χ2n) is 8.16. The minimum absolute atomic E-state index is 0.139. The lowest BCUT2D eigenvalue weighted by Crippen LogP contribution is -2.35. The van der Waals surface area contributed by atoms with Crippen molar-refractivity contribution in [1.82, 2.24) is 24.9 Å². The van der Waals surface area contributed by atoms with Crippen LogP contribution in [0.4, 0.5) is 11.6 Å². The fraction of sp³-hybridized carbons (Fsp3) is 0.476. The average molecular weight is 396 g/mol. The molecule has 1 aliphatic heterocycles. The summed E-state index contributed by atoms with van der Waals surface area (Å²) >= 11 is 0. The number of hydrogen-bond acceptors (Lipinski definition) is 7. The summed E-state index contributed by atoms with van der Waals surface area (Å²) in [5.41, 5.74) is 2.97. The molecule has 3 aromatic heterocycles. The van der Waals surface area contributed by atoms with E-state index in [1.165, 1.54) is 0 Å². The quantitative estimate of drug-likeness (QED) is 0.464. The Morgan fingerprint density at radius 3 is 2.79 bits per heavy atom. The molecule has 4 N–H and O–H groups in total. The highest BCUT2D eigenvalue weighted by atomic mass is 16.3. The van der Waals surface area contributed by atoms with Crippen LogP contribution in [0.1, 0.15) is 37.3 Å². The first-order valence-corrected chi connectivity index (χ1v) is 10.2. The first kappa shape index (κ1) is 19.6. The smallest absolute Gasteiger partial charge is 0.163 e. The Labute approximate surface area is 170 Å². The van der Waals surface area contributed by atoms with E-state index in [1.54, 1.807) is 12.4 Å². The monoisotopic (exact) mass is 395 g/mol. The van der Waals surface area contributed by atoms with Crippen LogP contribution in [0.5, 0.6) is 0 Å². The number of rotatable bonds is 8. The van der Waals surface area contributed by atoms with Crippen LogP contribution < -0.4 is 16.0 Å². The molecule has 0 aliphatic carbocycles. The molecule has 0 saturated carbocycles. The van der Waals surface area contributed by atoms with E-state index in [2.05, 4.69) is 39.9 Å². The largest absolute Gasteiger partial charge is 0.396 e. The number of aliphatic hydroxyl groups is 1. The highest BCUT2D eigenvalue weighted by Crippen LogP contribution is 2.27. The van der Waals surface area contributed by atoms with Gasteiger partial charge in [0.25, 0.3) is 0 Å². The highest BCUT2D eigenvalue weighted by Gasteiger charge is 2.33. The van der Waals surface area contributed by atoms with Crippen molar-refractivity contribution < 1.29 is 5.11 Å². The van der Waals surface area contributed by atoms with Gasteiger partial charge in [-0.2, -0.15) is 9.61 Å². The Kier molecular flexibility index (Phi) is 5.64. The molecule has 1 atom stereocenters. The molecule has 4 rings (SSSR count). The fourth-order valence-corrected chi connectivity index (χ4v) is 3.71. The summed E-state index contributed by atoms with van der Waals surface area (Å²) in [4.78, 5) is 8.91. The minimum Gasteiger partial charge on any atom is -0.396 e. The van der Waals surface area contributed by atoms with Crippen molar-refractivity contribution in [3.63, 3.8) is 0 Å². The van der Waals surface area contributed by atoms with E-state index in [-0.39, 0.29) is 12.0 Å². The number of hydrogen-bond donors (Lipinski definition) is 4. The maximum atomic E-state index is 9.88. The third-order valence-corrected chi connectivity index (χ3v) is 5.66. The normalized spacial score (nSPS) is 19.2. The molecule has 8 heteroatoms. The summed E-state index contributed by atoms with van der Waals surface area (Å²) in [6.07, 6.45) is 6.43. The molecule has 1 aliphatic rings. The van der Waals surface area contributed by atoms with Crippen LogP contribution >= 0.6 is 0 Å². The number of nitrogens with one attached hydrogen (secondary N) is 3. The zero-order valence-corrected chi connectivity index (χ0v) is 17.0. The average Bonchev–Trinajstić information content (AvgIpc) is 3.39. The lowest BCUT2D eigenvalue weighted by Gasteiger charge is -2.26. The van der Waals surface area contributed by atoms with Crippen molar-refractivity contribution in [2.75, 3.05) is 36.9 Å². The van der Waals surface area contributed by atoms with Gasteiger partial charge in [-0.3, -0.25) is 4.98 Å². The second kappa shape index (κ2) is 8.34. The van der Waals surface area contributed by atoms with Gasteiger partial charge in [-0.1, -0.05) is 13.8 Å². The Hall–Kier alpha value is -2.71. The number of aromatic nitrogens is 4. The van der Waals surface area contributed by atoms with Gasteiger partial charge in [0.1, 0.15) is 11.6 Å². The van der Waals surface area contributed by atoms with Gasteiger partial charge >= 0.3 is 0 Å². The molecule has 1 fully saturated rings. The Morgan fingerprint density at radius 2 is 2.10 bits per heavy atom. The highest BCUT2D eigenvalue weighted by molar-refractivity contribution is 5.61. The van der Waals surface area contributed by atoms with E-state index in [4.69, 9.17) is 4.98 Å². The fourth-order valence-electron chi connectivity index (χ4n) is 3.71. The van der Waals surface area contributed by atoms with Crippen LogP contribution in [-0.2, 0) is 6.54 Å². The van der Waals surface area contributed by atoms with Crippen molar-refractivity contribution in [1.29, 1.82) is 0 Å². The molecule has 154 valence electrons. The summed E-state index contributed by atoms with van der Waals surface area (Å²) in [7, 11) is 0. The molecule has 1 unspecified atom stereocenters. The maximum absolute atomic E-state index is 9.88. The molecule has 0 radical (unpaired) electrons. The maximum Gasteiger partial charge on any atom is 0.163 e. The van der Waals surface area contributed by atoms with Gasteiger partial charge in [-0.15, -0.1) is 0 Å². The van der Waals surface area contributed by atoms with E-state index < -0.39 is 0 Å². The van der Waals surface area contributed by atoms with Crippen LogP contribution in [0.25, 0.3) is 5.65 Å². The van der Waals surface area contributed by atoms with Crippen LogP contribution in [0, 0.1) is 5.41 Å². The summed E-state index contributed by atoms with van der Waals surface area (Å²) in [6, 6.07) is 5.97. The van der Waals surface area contributed by atoms with Gasteiger partial charge in [0.15, 0.2) is 5.65 Å². The molecular weight excluding hydrogens is 366 g/mol. The van der Waals surface area contributed by atoms with Gasteiger partial charge < -0.3 is 21.1 Å². The lowest BCUT2D eigenvalue weighted by atomic mass is 9.88. The molecular formula is C21H29N7O. The predicted molar refractivity (Wildman–Crippen MR) is 114 cm³/mol. The van der Waals surface area contributed by atoms with E-state index in [0.29, 0.717) is 19.0 Å². The van der Waals surface area contributed by atoms with Gasteiger partial charge in [0.05, 0.1) is 12.8 Å². The topological polar surface area (TPSA) is 99.4 Å². The molecule has 0 amide bonds. The molecule has 3 aromatic rings. The van der Waals surface area contributed by atoms with Gasteiger partial charge in [-0.25, -0.2) is 4.98 Å². The van der Waals surface area contributed by atoms with Gasteiger partial charge in [0.2, 0.25) is 0 Å². The molecule has 4 heterocycles. The minimum atomic E-state index is -0.139. The van der Waals surface area contributed by atoms with Crippen molar-refractivity contribution in [2.24, 2.45) is 5.41 Å². The first-order chi connectivity index (χ1) is 14.1. The number of aliphatic hydroxyl groups excluding tert-OH is 1. The van der Waals surface area contributed by atoms with Gasteiger partial charge in [0, 0.05) is 49.1 Å². The lowest BCUT2D eigenvalue weighted by molar-refractivity contribution is 0.154. The summed E-state index contributed by atoms with van der Waals surface area (Å²) in [5, 5.41) is 24.7. The number of pyridine rings is 1. The second-order valence-corrected chi connectivity index (χ2v) is 8.16.